The van der Waals surface area contributed by atoms with Gasteiger partial charge in [0.15, 0.2) is 0 Å². The molecule has 0 aliphatic heterocycles. The van der Waals surface area contributed by atoms with Crippen LogP contribution in [-0.2, 0) is 20.7 Å². The summed E-state index contributed by atoms with van der Waals surface area (Å²) in [5, 5.41) is 0. The molecule has 3 heteroatoms. The number of esters is 1. The standard InChI is InChI=1S/C19H20O3/c1-2-21-19(20)13-14-22-18(17-11-7-4-8-12-17)15-16-9-5-3-6-10-16/h3-14,18H,2,15H2,1H3/b14-13+. The third-order valence-corrected chi connectivity index (χ3v) is 3.17. The predicted octanol–water partition coefficient (Wildman–Crippen LogP) is 4.06. The van der Waals surface area contributed by atoms with Gasteiger partial charge in [0.1, 0.15) is 6.10 Å². The first-order chi connectivity index (χ1) is 10.8. The van der Waals surface area contributed by atoms with Gasteiger partial charge in [0.05, 0.1) is 18.9 Å². The molecule has 0 spiro atoms. The Balaban J connectivity index is 2.07. The van der Waals surface area contributed by atoms with E-state index in [0.29, 0.717) is 6.61 Å². The molecule has 114 valence electrons. The number of hydrogen-bond donors (Lipinski definition) is 0. The minimum Gasteiger partial charge on any atom is -0.493 e. The molecule has 2 aromatic rings. The third-order valence-electron chi connectivity index (χ3n) is 3.17. The lowest BCUT2D eigenvalue weighted by Gasteiger charge is -2.17. The van der Waals surface area contributed by atoms with Crippen LogP contribution in [0, 0.1) is 0 Å². The van der Waals surface area contributed by atoms with Gasteiger partial charge in [-0.2, -0.15) is 0 Å². The highest BCUT2D eigenvalue weighted by molar-refractivity contribution is 5.81. The summed E-state index contributed by atoms with van der Waals surface area (Å²) in [6.07, 6.45) is 3.32. The molecule has 0 aromatic heterocycles. The van der Waals surface area contributed by atoms with Crippen LogP contribution >= 0.6 is 0 Å². The van der Waals surface area contributed by atoms with Crippen LogP contribution in [0.3, 0.4) is 0 Å². The van der Waals surface area contributed by atoms with Crippen molar-refractivity contribution in [1.82, 2.24) is 0 Å². The summed E-state index contributed by atoms with van der Waals surface area (Å²) < 4.78 is 10.6. The van der Waals surface area contributed by atoms with Crippen molar-refractivity contribution < 1.29 is 14.3 Å². The molecule has 0 fully saturated rings. The Morgan fingerprint density at radius 1 is 1.05 bits per heavy atom. The van der Waals surface area contributed by atoms with Crippen LogP contribution in [0.5, 0.6) is 0 Å². The summed E-state index contributed by atoms with van der Waals surface area (Å²) in [5.41, 5.74) is 2.25. The fraction of sp³-hybridized carbons (Fsp3) is 0.211. The molecule has 1 unspecified atom stereocenters. The third kappa shape index (κ3) is 5.09. The van der Waals surface area contributed by atoms with Crippen LogP contribution in [0.25, 0.3) is 0 Å². The zero-order chi connectivity index (χ0) is 15.6. The molecule has 0 N–H and O–H groups in total. The first-order valence-corrected chi connectivity index (χ1v) is 7.37. The Hall–Kier alpha value is -2.55. The van der Waals surface area contributed by atoms with E-state index in [4.69, 9.17) is 9.47 Å². The van der Waals surface area contributed by atoms with Gasteiger partial charge in [0, 0.05) is 6.42 Å². The van der Waals surface area contributed by atoms with Crippen LogP contribution in [0.2, 0.25) is 0 Å². The molecule has 2 rings (SSSR count). The van der Waals surface area contributed by atoms with Crippen molar-refractivity contribution in [3.63, 3.8) is 0 Å². The monoisotopic (exact) mass is 296 g/mol. The van der Waals surface area contributed by atoms with Gasteiger partial charge in [-0.3, -0.25) is 0 Å². The molecule has 0 bridgehead atoms. The Kier molecular flexibility index (Phi) is 6.24. The molecular formula is C19H20O3. The Labute approximate surface area is 131 Å². The van der Waals surface area contributed by atoms with Gasteiger partial charge in [-0.15, -0.1) is 0 Å². The predicted molar refractivity (Wildman–Crippen MR) is 86.2 cm³/mol. The number of carbonyl (C=O) groups excluding carboxylic acids is 1. The highest BCUT2D eigenvalue weighted by Gasteiger charge is 2.12. The van der Waals surface area contributed by atoms with Crippen LogP contribution in [-0.4, -0.2) is 12.6 Å². The summed E-state index contributed by atoms with van der Waals surface area (Å²) in [4.78, 5) is 11.3. The van der Waals surface area contributed by atoms with Gasteiger partial charge in [-0.05, 0) is 18.1 Å². The lowest BCUT2D eigenvalue weighted by Crippen LogP contribution is -2.06. The Morgan fingerprint density at radius 2 is 1.68 bits per heavy atom. The van der Waals surface area contributed by atoms with Crippen molar-refractivity contribution >= 4 is 5.97 Å². The average molecular weight is 296 g/mol. The molecule has 0 aliphatic rings. The minimum atomic E-state index is -0.394. The molecule has 22 heavy (non-hydrogen) atoms. The molecule has 3 nitrogen and oxygen atoms in total. The van der Waals surface area contributed by atoms with Gasteiger partial charge in [0.2, 0.25) is 0 Å². The summed E-state index contributed by atoms with van der Waals surface area (Å²) in [7, 11) is 0. The number of hydrogen-bond acceptors (Lipinski definition) is 3. The van der Waals surface area contributed by atoms with E-state index in [1.807, 2.05) is 48.5 Å². The van der Waals surface area contributed by atoms with Gasteiger partial charge >= 0.3 is 5.97 Å². The summed E-state index contributed by atoms with van der Waals surface area (Å²) in [6.45, 7) is 2.13. The van der Waals surface area contributed by atoms with Crippen molar-refractivity contribution in [2.45, 2.75) is 19.4 Å². The van der Waals surface area contributed by atoms with Crippen molar-refractivity contribution in [3.05, 3.63) is 84.1 Å². The first-order valence-electron chi connectivity index (χ1n) is 7.37. The second-order valence-corrected chi connectivity index (χ2v) is 4.78. The van der Waals surface area contributed by atoms with Gasteiger partial charge in [-0.25, -0.2) is 4.79 Å². The topological polar surface area (TPSA) is 35.5 Å². The maximum absolute atomic E-state index is 11.3. The zero-order valence-electron chi connectivity index (χ0n) is 12.6. The van der Waals surface area contributed by atoms with E-state index in [2.05, 4.69) is 12.1 Å². The maximum atomic E-state index is 11.3. The first kappa shape index (κ1) is 15.8. The average Bonchev–Trinajstić information content (AvgIpc) is 2.56. The van der Waals surface area contributed by atoms with Crippen molar-refractivity contribution in [1.29, 1.82) is 0 Å². The van der Waals surface area contributed by atoms with E-state index in [1.54, 1.807) is 6.92 Å². The zero-order valence-corrected chi connectivity index (χ0v) is 12.6. The van der Waals surface area contributed by atoms with Crippen LogP contribution in [0.4, 0.5) is 0 Å². The van der Waals surface area contributed by atoms with E-state index in [-0.39, 0.29) is 6.10 Å². The Bertz CT molecular complexity index is 591. The van der Waals surface area contributed by atoms with Crippen molar-refractivity contribution in [2.24, 2.45) is 0 Å². The summed E-state index contributed by atoms with van der Waals surface area (Å²) >= 11 is 0. The minimum absolute atomic E-state index is 0.144. The molecule has 0 radical (unpaired) electrons. The van der Waals surface area contributed by atoms with Crippen LogP contribution in [0.15, 0.2) is 73.0 Å². The highest BCUT2D eigenvalue weighted by Crippen LogP contribution is 2.22. The largest absolute Gasteiger partial charge is 0.493 e. The molecule has 0 aliphatic carbocycles. The van der Waals surface area contributed by atoms with E-state index >= 15 is 0 Å². The smallest absolute Gasteiger partial charge is 0.333 e. The summed E-state index contributed by atoms with van der Waals surface area (Å²) in [6, 6.07) is 20.1. The van der Waals surface area contributed by atoms with Crippen molar-refractivity contribution in [3.8, 4) is 0 Å². The number of rotatable bonds is 7. The van der Waals surface area contributed by atoms with Crippen molar-refractivity contribution in [2.75, 3.05) is 6.61 Å². The fourth-order valence-corrected chi connectivity index (χ4v) is 2.12. The molecule has 0 saturated carbocycles. The lowest BCUT2D eigenvalue weighted by atomic mass is 10.0. The molecule has 0 amide bonds. The Morgan fingerprint density at radius 3 is 2.32 bits per heavy atom. The normalized spacial score (nSPS) is 12.0. The van der Waals surface area contributed by atoms with E-state index in [1.165, 1.54) is 17.9 Å². The highest BCUT2D eigenvalue weighted by atomic mass is 16.5. The van der Waals surface area contributed by atoms with Gasteiger partial charge < -0.3 is 9.47 Å². The molecular weight excluding hydrogens is 276 g/mol. The van der Waals surface area contributed by atoms with Gasteiger partial charge in [0.25, 0.3) is 0 Å². The number of ether oxygens (including phenoxy) is 2. The van der Waals surface area contributed by atoms with Crippen LogP contribution < -0.4 is 0 Å². The lowest BCUT2D eigenvalue weighted by molar-refractivity contribution is -0.137. The maximum Gasteiger partial charge on any atom is 0.333 e. The van der Waals surface area contributed by atoms with Crippen LogP contribution in [0.1, 0.15) is 24.2 Å². The molecule has 0 saturated heterocycles. The molecule has 1 atom stereocenters. The molecule has 2 aromatic carbocycles. The summed E-state index contributed by atoms with van der Waals surface area (Å²) in [5.74, 6) is -0.394. The second-order valence-electron chi connectivity index (χ2n) is 4.78. The number of carbonyl (C=O) groups is 1. The van der Waals surface area contributed by atoms with Gasteiger partial charge in [-0.1, -0.05) is 60.7 Å². The molecule has 0 heterocycles. The van der Waals surface area contributed by atoms with E-state index in [0.717, 1.165) is 12.0 Å². The van der Waals surface area contributed by atoms with E-state index < -0.39 is 5.97 Å². The number of benzene rings is 2. The SMILES string of the molecule is CCOC(=O)/C=C/OC(Cc1ccccc1)c1ccccc1. The fourth-order valence-electron chi connectivity index (χ4n) is 2.12. The quantitative estimate of drug-likeness (QED) is 0.439. The van der Waals surface area contributed by atoms with E-state index in [9.17, 15) is 4.79 Å². The second kappa shape index (κ2) is 8.67.